The molecule has 0 aliphatic rings. The molecule has 0 saturated carbocycles. The molecule has 0 atom stereocenters. The predicted octanol–water partition coefficient (Wildman–Crippen LogP) is 3.18. The van der Waals surface area contributed by atoms with Gasteiger partial charge in [-0.2, -0.15) is 0 Å². The number of benzene rings is 2. The van der Waals surface area contributed by atoms with Crippen molar-refractivity contribution in [3.8, 4) is 5.75 Å². The Balaban J connectivity index is 1.81. The van der Waals surface area contributed by atoms with Crippen molar-refractivity contribution in [3.63, 3.8) is 0 Å². The molecule has 0 fully saturated rings. The van der Waals surface area contributed by atoms with E-state index in [0.717, 1.165) is 10.5 Å². The summed E-state index contributed by atoms with van der Waals surface area (Å²) in [5, 5.41) is 11.5. The molecule has 2 aromatic rings. The van der Waals surface area contributed by atoms with Crippen molar-refractivity contribution in [3.05, 3.63) is 59.2 Å². The van der Waals surface area contributed by atoms with E-state index in [1.807, 2.05) is 32.0 Å². The second-order valence-electron chi connectivity index (χ2n) is 5.66. The number of carbonyl (C=O) groups is 2. The van der Waals surface area contributed by atoms with E-state index >= 15 is 0 Å². The number of hydrogen-bond acceptors (Lipinski definition) is 4. The highest BCUT2D eigenvalue weighted by molar-refractivity contribution is 8.00. The molecule has 0 radical (unpaired) electrons. The standard InChI is InChI=1S/C19H21NO4S/c1-13-6-7-17(14(2)8-13)25-12-18(21)20-10-15-4-3-5-16(9-15)24-11-19(22)23/h3-9H,10-12H2,1-2H3,(H,20,21)(H,22,23). The molecule has 0 saturated heterocycles. The summed E-state index contributed by atoms with van der Waals surface area (Å²) in [6.45, 7) is 4.07. The van der Waals surface area contributed by atoms with Gasteiger partial charge < -0.3 is 15.2 Å². The fourth-order valence-electron chi connectivity index (χ4n) is 2.25. The molecule has 2 aromatic carbocycles. The number of rotatable bonds is 8. The smallest absolute Gasteiger partial charge is 0.341 e. The fraction of sp³-hybridized carbons (Fsp3) is 0.263. The number of nitrogens with one attached hydrogen (secondary N) is 1. The summed E-state index contributed by atoms with van der Waals surface area (Å²) in [5.41, 5.74) is 3.23. The second-order valence-corrected chi connectivity index (χ2v) is 6.68. The lowest BCUT2D eigenvalue weighted by molar-refractivity contribution is -0.139. The number of carboxylic acids is 1. The van der Waals surface area contributed by atoms with Crippen LogP contribution in [0, 0.1) is 13.8 Å². The zero-order chi connectivity index (χ0) is 18.2. The van der Waals surface area contributed by atoms with Crippen LogP contribution in [0.1, 0.15) is 16.7 Å². The van der Waals surface area contributed by atoms with Gasteiger partial charge in [-0.25, -0.2) is 4.79 Å². The summed E-state index contributed by atoms with van der Waals surface area (Å²) < 4.78 is 5.13. The Bertz CT molecular complexity index is 761. The molecule has 5 nitrogen and oxygen atoms in total. The summed E-state index contributed by atoms with van der Waals surface area (Å²) in [6, 6.07) is 13.2. The SMILES string of the molecule is Cc1ccc(SCC(=O)NCc2cccc(OCC(=O)O)c2)c(C)c1. The van der Waals surface area contributed by atoms with Gasteiger partial charge in [0, 0.05) is 11.4 Å². The topological polar surface area (TPSA) is 75.6 Å². The summed E-state index contributed by atoms with van der Waals surface area (Å²) >= 11 is 1.51. The number of amides is 1. The maximum atomic E-state index is 12.0. The van der Waals surface area contributed by atoms with Gasteiger partial charge in [0.15, 0.2) is 6.61 Å². The minimum Gasteiger partial charge on any atom is -0.482 e. The number of thioether (sulfide) groups is 1. The summed E-state index contributed by atoms with van der Waals surface area (Å²) in [6.07, 6.45) is 0. The Morgan fingerprint density at radius 2 is 1.96 bits per heavy atom. The third-order valence-electron chi connectivity index (χ3n) is 3.44. The van der Waals surface area contributed by atoms with E-state index in [2.05, 4.69) is 11.4 Å². The van der Waals surface area contributed by atoms with Gasteiger partial charge in [0.2, 0.25) is 5.91 Å². The van der Waals surface area contributed by atoms with Crippen LogP contribution in [0.15, 0.2) is 47.4 Å². The second kappa shape index (κ2) is 9.13. The molecule has 0 aliphatic heterocycles. The van der Waals surface area contributed by atoms with Gasteiger partial charge in [0.25, 0.3) is 0 Å². The molecular formula is C19H21NO4S. The molecule has 132 valence electrons. The van der Waals surface area contributed by atoms with Crippen molar-refractivity contribution in [2.75, 3.05) is 12.4 Å². The lowest BCUT2D eigenvalue weighted by Crippen LogP contribution is -2.24. The van der Waals surface area contributed by atoms with Gasteiger partial charge in [-0.1, -0.05) is 29.8 Å². The van der Waals surface area contributed by atoms with E-state index in [-0.39, 0.29) is 12.5 Å². The van der Waals surface area contributed by atoms with E-state index in [9.17, 15) is 9.59 Å². The van der Waals surface area contributed by atoms with Crippen molar-refractivity contribution < 1.29 is 19.4 Å². The highest BCUT2D eigenvalue weighted by Gasteiger charge is 2.06. The molecule has 0 aliphatic carbocycles. The minimum absolute atomic E-state index is 0.0539. The lowest BCUT2D eigenvalue weighted by Gasteiger charge is -2.09. The number of ether oxygens (including phenoxy) is 1. The zero-order valence-electron chi connectivity index (χ0n) is 14.2. The van der Waals surface area contributed by atoms with Crippen LogP contribution in [0.5, 0.6) is 5.75 Å². The molecule has 2 N–H and O–H groups in total. The Hall–Kier alpha value is -2.47. The van der Waals surface area contributed by atoms with Crippen molar-refractivity contribution >= 4 is 23.6 Å². The van der Waals surface area contributed by atoms with Crippen LogP contribution >= 0.6 is 11.8 Å². The molecule has 6 heteroatoms. The Morgan fingerprint density at radius 1 is 1.16 bits per heavy atom. The number of carboxylic acid groups (broad SMARTS) is 1. The van der Waals surface area contributed by atoms with Crippen molar-refractivity contribution in [1.82, 2.24) is 5.32 Å². The molecule has 0 bridgehead atoms. The molecule has 0 spiro atoms. The monoisotopic (exact) mass is 359 g/mol. The van der Waals surface area contributed by atoms with Crippen LogP contribution in [0.2, 0.25) is 0 Å². The van der Waals surface area contributed by atoms with E-state index in [1.165, 1.54) is 22.9 Å². The van der Waals surface area contributed by atoms with E-state index in [4.69, 9.17) is 9.84 Å². The zero-order valence-corrected chi connectivity index (χ0v) is 15.1. The van der Waals surface area contributed by atoms with Crippen LogP contribution in [0.25, 0.3) is 0 Å². The van der Waals surface area contributed by atoms with Gasteiger partial charge in [-0.15, -0.1) is 11.8 Å². The maximum Gasteiger partial charge on any atom is 0.341 e. The van der Waals surface area contributed by atoms with Gasteiger partial charge >= 0.3 is 5.97 Å². The maximum absolute atomic E-state index is 12.0. The van der Waals surface area contributed by atoms with Crippen LogP contribution in [-0.2, 0) is 16.1 Å². The molecule has 0 unspecified atom stereocenters. The molecule has 25 heavy (non-hydrogen) atoms. The van der Waals surface area contributed by atoms with Gasteiger partial charge in [0.1, 0.15) is 5.75 Å². The molecule has 2 rings (SSSR count). The lowest BCUT2D eigenvalue weighted by atomic mass is 10.2. The fourth-order valence-corrected chi connectivity index (χ4v) is 3.09. The highest BCUT2D eigenvalue weighted by Crippen LogP contribution is 2.23. The average molecular weight is 359 g/mol. The van der Waals surface area contributed by atoms with Crippen molar-refractivity contribution in [2.45, 2.75) is 25.3 Å². The third-order valence-corrected chi connectivity index (χ3v) is 4.62. The number of hydrogen-bond donors (Lipinski definition) is 2. The summed E-state index contributed by atoms with van der Waals surface area (Å²) in [4.78, 5) is 23.6. The first-order valence-corrected chi connectivity index (χ1v) is 8.83. The third kappa shape index (κ3) is 6.51. The highest BCUT2D eigenvalue weighted by atomic mass is 32.2. The first-order valence-electron chi connectivity index (χ1n) is 7.84. The molecule has 0 heterocycles. The quantitative estimate of drug-likeness (QED) is 0.708. The van der Waals surface area contributed by atoms with Crippen LogP contribution in [0.3, 0.4) is 0 Å². The minimum atomic E-state index is -1.03. The van der Waals surface area contributed by atoms with E-state index < -0.39 is 5.97 Å². The van der Waals surface area contributed by atoms with Crippen LogP contribution < -0.4 is 10.1 Å². The first-order chi connectivity index (χ1) is 11.9. The van der Waals surface area contributed by atoms with Crippen LogP contribution in [0.4, 0.5) is 0 Å². The van der Waals surface area contributed by atoms with E-state index in [0.29, 0.717) is 18.0 Å². The first kappa shape index (κ1) is 18.9. The Kier molecular flexibility index (Phi) is 6.89. The number of aliphatic carboxylic acids is 1. The Labute approximate surface area is 151 Å². The van der Waals surface area contributed by atoms with Crippen molar-refractivity contribution in [1.29, 1.82) is 0 Å². The van der Waals surface area contributed by atoms with Gasteiger partial charge in [0.05, 0.1) is 5.75 Å². The van der Waals surface area contributed by atoms with E-state index in [1.54, 1.807) is 18.2 Å². The molecule has 1 amide bonds. The number of carbonyl (C=O) groups excluding carboxylic acids is 1. The summed E-state index contributed by atoms with van der Waals surface area (Å²) in [7, 11) is 0. The molecular weight excluding hydrogens is 338 g/mol. The molecule has 0 aromatic heterocycles. The van der Waals surface area contributed by atoms with Gasteiger partial charge in [-0.05, 0) is 43.2 Å². The van der Waals surface area contributed by atoms with Crippen LogP contribution in [-0.4, -0.2) is 29.3 Å². The van der Waals surface area contributed by atoms with Crippen molar-refractivity contribution in [2.24, 2.45) is 0 Å². The summed E-state index contributed by atoms with van der Waals surface area (Å²) in [5.74, 6) is -0.262. The largest absolute Gasteiger partial charge is 0.482 e. The predicted molar refractivity (Wildman–Crippen MR) is 98.1 cm³/mol. The number of aryl methyl sites for hydroxylation is 2. The average Bonchev–Trinajstić information content (AvgIpc) is 2.58. The Morgan fingerprint density at radius 3 is 2.68 bits per heavy atom. The normalized spacial score (nSPS) is 10.3. The van der Waals surface area contributed by atoms with Gasteiger partial charge in [-0.3, -0.25) is 4.79 Å².